The number of fused-ring (bicyclic) bond motifs is 1. The molecule has 2 nitrogen and oxygen atoms in total. The molecule has 0 atom stereocenters. The molecular formula is C16H13ClN2. The molecule has 0 aliphatic heterocycles. The summed E-state index contributed by atoms with van der Waals surface area (Å²) in [7, 11) is 0. The first-order valence-electron chi connectivity index (χ1n) is 6.11. The molecule has 3 aromatic rings. The lowest BCUT2D eigenvalue weighted by molar-refractivity contribution is 1.39. The molecule has 2 aromatic carbocycles. The molecule has 0 radical (unpaired) electrons. The van der Waals surface area contributed by atoms with Crippen LogP contribution in [0.4, 0.5) is 11.4 Å². The van der Waals surface area contributed by atoms with Gasteiger partial charge in [0.15, 0.2) is 0 Å². The Kier molecular flexibility index (Phi) is 3.10. The zero-order valence-corrected chi connectivity index (χ0v) is 11.3. The number of benzene rings is 2. The minimum Gasteiger partial charge on any atom is -0.354 e. The Morgan fingerprint density at radius 3 is 2.68 bits per heavy atom. The van der Waals surface area contributed by atoms with Crippen molar-refractivity contribution >= 4 is 33.9 Å². The molecule has 94 valence electrons. The smallest absolute Gasteiger partial charge is 0.0723 e. The Hall–Kier alpha value is -2.06. The van der Waals surface area contributed by atoms with Crippen LogP contribution in [0.25, 0.3) is 10.9 Å². The van der Waals surface area contributed by atoms with Gasteiger partial charge in [0, 0.05) is 17.3 Å². The number of hydrogen-bond donors (Lipinski definition) is 1. The van der Waals surface area contributed by atoms with E-state index in [0.29, 0.717) is 5.02 Å². The van der Waals surface area contributed by atoms with Gasteiger partial charge < -0.3 is 5.32 Å². The van der Waals surface area contributed by atoms with Gasteiger partial charge in [-0.25, -0.2) is 0 Å². The number of aryl methyl sites for hydroxylation is 1. The van der Waals surface area contributed by atoms with Crippen molar-refractivity contribution in [3.63, 3.8) is 0 Å². The fourth-order valence-corrected chi connectivity index (χ4v) is 2.26. The molecule has 3 rings (SSSR count). The van der Waals surface area contributed by atoms with Crippen LogP contribution in [0.2, 0.25) is 5.02 Å². The number of hydrogen-bond acceptors (Lipinski definition) is 2. The maximum absolute atomic E-state index is 6.18. The van der Waals surface area contributed by atoms with E-state index in [4.69, 9.17) is 11.6 Å². The molecule has 1 N–H and O–H groups in total. The summed E-state index contributed by atoms with van der Waals surface area (Å²) in [6.45, 7) is 2.08. The summed E-state index contributed by atoms with van der Waals surface area (Å²) in [5, 5.41) is 5.18. The van der Waals surface area contributed by atoms with Crippen LogP contribution >= 0.6 is 11.6 Å². The SMILES string of the molecule is Cc1ccc2nccc(Nc3ccccc3Cl)c2c1. The summed E-state index contributed by atoms with van der Waals surface area (Å²) in [4.78, 5) is 4.37. The Morgan fingerprint density at radius 2 is 1.84 bits per heavy atom. The number of halogens is 1. The van der Waals surface area contributed by atoms with Crippen LogP contribution in [0, 0.1) is 6.92 Å². The van der Waals surface area contributed by atoms with Gasteiger partial charge in [0.2, 0.25) is 0 Å². The highest BCUT2D eigenvalue weighted by molar-refractivity contribution is 6.33. The standard InChI is InChI=1S/C16H13ClN2/c1-11-6-7-14-12(10-11)15(8-9-18-14)19-16-5-3-2-4-13(16)17/h2-10H,1H3,(H,18,19). The van der Waals surface area contributed by atoms with E-state index in [1.54, 1.807) is 6.20 Å². The fraction of sp³-hybridized carbons (Fsp3) is 0.0625. The van der Waals surface area contributed by atoms with Crippen LogP contribution in [-0.4, -0.2) is 4.98 Å². The number of pyridine rings is 1. The average molecular weight is 269 g/mol. The van der Waals surface area contributed by atoms with E-state index < -0.39 is 0 Å². The molecule has 1 heterocycles. The van der Waals surface area contributed by atoms with Gasteiger partial charge in [-0.15, -0.1) is 0 Å². The zero-order valence-electron chi connectivity index (χ0n) is 10.5. The quantitative estimate of drug-likeness (QED) is 0.712. The molecule has 0 aliphatic rings. The van der Waals surface area contributed by atoms with Crippen LogP contribution in [0.3, 0.4) is 0 Å². The first kappa shape index (κ1) is 12.0. The topological polar surface area (TPSA) is 24.9 Å². The summed E-state index contributed by atoms with van der Waals surface area (Å²) in [6, 6.07) is 15.9. The van der Waals surface area contributed by atoms with Crippen LogP contribution in [0.15, 0.2) is 54.7 Å². The molecule has 0 fully saturated rings. The molecule has 3 heteroatoms. The van der Waals surface area contributed by atoms with Gasteiger partial charge in [-0.05, 0) is 37.3 Å². The molecule has 0 bridgehead atoms. The van der Waals surface area contributed by atoms with E-state index in [2.05, 4.69) is 29.4 Å². The monoisotopic (exact) mass is 268 g/mol. The van der Waals surface area contributed by atoms with Crippen LogP contribution < -0.4 is 5.32 Å². The Labute approximate surface area is 117 Å². The first-order chi connectivity index (χ1) is 9.24. The highest BCUT2D eigenvalue weighted by atomic mass is 35.5. The number of para-hydroxylation sites is 1. The Balaban J connectivity index is 2.10. The van der Waals surface area contributed by atoms with Crippen molar-refractivity contribution in [1.29, 1.82) is 0 Å². The van der Waals surface area contributed by atoms with Gasteiger partial charge in [0.25, 0.3) is 0 Å². The van der Waals surface area contributed by atoms with E-state index in [9.17, 15) is 0 Å². The summed E-state index contributed by atoms with van der Waals surface area (Å²) in [5.74, 6) is 0. The molecule has 0 saturated carbocycles. The largest absolute Gasteiger partial charge is 0.354 e. The Morgan fingerprint density at radius 1 is 1.00 bits per heavy atom. The summed E-state index contributed by atoms with van der Waals surface area (Å²) in [6.07, 6.45) is 1.80. The van der Waals surface area contributed by atoms with Gasteiger partial charge in [-0.2, -0.15) is 0 Å². The fourth-order valence-electron chi connectivity index (χ4n) is 2.08. The molecule has 1 aromatic heterocycles. The van der Waals surface area contributed by atoms with E-state index in [1.165, 1.54) is 5.56 Å². The molecule has 0 unspecified atom stereocenters. The first-order valence-corrected chi connectivity index (χ1v) is 6.49. The maximum Gasteiger partial charge on any atom is 0.0723 e. The predicted molar refractivity (Wildman–Crippen MR) is 81.2 cm³/mol. The molecule has 0 spiro atoms. The summed E-state index contributed by atoms with van der Waals surface area (Å²) in [5.41, 5.74) is 4.10. The molecular weight excluding hydrogens is 256 g/mol. The van der Waals surface area contributed by atoms with E-state index >= 15 is 0 Å². The number of anilines is 2. The number of nitrogens with zero attached hydrogens (tertiary/aromatic N) is 1. The van der Waals surface area contributed by atoms with Crippen LogP contribution in [0.1, 0.15) is 5.56 Å². The molecule has 0 aliphatic carbocycles. The molecule has 19 heavy (non-hydrogen) atoms. The van der Waals surface area contributed by atoms with Gasteiger partial charge in [0.05, 0.1) is 16.2 Å². The number of aromatic nitrogens is 1. The van der Waals surface area contributed by atoms with Crippen molar-refractivity contribution < 1.29 is 0 Å². The normalized spacial score (nSPS) is 10.6. The van der Waals surface area contributed by atoms with Crippen LogP contribution in [-0.2, 0) is 0 Å². The lowest BCUT2D eigenvalue weighted by Gasteiger charge is -2.11. The van der Waals surface area contributed by atoms with Crippen molar-refractivity contribution in [1.82, 2.24) is 4.98 Å². The van der Waals surface area contributed by atoms with Gasteiger partial charge >= 0.3 is 0 Å². The maximum atomic E-state index is 6.18. The minimum atomic E-state index is 0.708. The highest BCUT2D eigenvalue weighted by Crippen LogP contribution is 2.29. The van der Waals surface area contributed by atoms with Crippen LogP contribution in [0.5, 0.6) is 0 Å². The second kappa shape index (κ2) is 4.90. The lowest BCUT2D eigenvalue weighted by Crippen LogP contribution is -1.93. The lowest BCUT2D eigenvalue weighted by atomic mass is 10.1. The third-order valence-electron chi connectivity index (χ3n) is 3.04. The Bertz CT molecular complexity index is 738. The van der Waals surface area contributed by atoms with E-state index in [-0.39, 0.29) is 0 Å². The predicted octanol–water partition coefficient (Wildman–Crippen LogP) is 4.94. The zero-order chi connectivity index (χ0) is 13.2. The highest BCUT2D eigenvalue weighted by Gasteiger charge is 2.04. The van der Waals surface area contributed by atoms with Crippen molar-refractivity contribution in [2.24, 2.45) is 0 Å². The number of rotatable bonds is 2. The van der Waals surface area contributed by atoms with Gasteiger partial charge in [-0.3, -0.25) is 4.98 Å². The van der Waals surface area contributed by atoms with Crippen molar-refractivity contribution in [2.75, 3.05) is 5.32 Å². The minimum absolute atomic E-state index is 0.708. The second-order valence-corrected chi connectivity index (χ2v) is 4.89. The summed E-state index contributed by atoms with van der Waals surface area (Å²) >= 11 is 6.18. The van der Waals surface area contributed by atoms with E-state index in [1.807, 2.05) is 36.4 Å². The molecule has 0 saturated heterocycles. The van der Waals surface area contributed by atoms with Gasteiger partial charge in [0.1, 0.15) is 0 Å². The average Bonchev–Trinajstić information content (AvgIpc) is 2.42. The third kappa shape index (κ3) is 2.40. The van der Waals surface area contributed by atoms with E-state index in [0.717, 1.165) is 22.3 Å². The van der Waals surface area contributed by atoms with Crippen molar-refractivity contribution in [3.8, 4) is 0 Å². The molecule has 0 amide bonds. The third-order valence-corrected chi connectivity index (χ3v) is 3.37. The number of nitrogens with one attached hydrogen (secondary N) is 1. The summed E-state index contributed by atoms with van der Waals surface area (Å²) < 4.78 is 0. The van der Waals surface area contributed by atoms with Crippen molar-refractivity contribution in [2.45, 2.75) is 6.92 Å². The van der Waals surface area contributed by atoms with Gasteiger partial charge in [-0.1, -0.05) is 35.4 Å². The van der Waals surface area contributed by atoms with Crippen molar-refractivity contribution in [3.05, 3.63) is 65.3 Å². The second-order valence-electron chi connectivity index (χ2n) is 4.48.